The summed E-state index contributed by atoms with van der Waals surface area (Å²) >= 11 is 11.7. The van der Waals surface area contributed by atoms with Crippen molar-refractivity contribution in [2.45, 2.75) is 33.3 Å². The van der Waals surface area contributed by atoms with Gasteiger partial charge in [-0.1, -0.05) is 80.4 Å². The van der Waals surface area contributed by atoms with Crippen LogP contribution < -0.4 is 4.74 Å². The fraction of sp³-hybridized carbons (Fsp3) is 0.333. The number of carbonyl (C=O) groups is 1. The van der Waals surface area contributed by atoms with E-state index in [2.05, 4.69) is 6.07 Å². The highest BCUT2D eigenvalue weighted by Gasteiger charge is 2.32. The van der Waals surface area contributed by atoms with Crippen molar-refractivity contribution in [2.24, 2.45) is 17.8 Å². The SMILES string of the molecule is CCC(C=C(Cl)Cl)C(C(=O)OC(C#N)c1cccc(Oc2ccccc2)c1)C(C)C. The number of halogens is 2. The first-order valence-electron chi connectivity index (χ1n) is 9.81. The van der Waals surface area contributed by atoms with E-state index < -0.39 is 18.0 Å². The van der Waals surface area contributed by atoms with Crippen LogP contribution in [0.25, 0.3) is 0 Å². The van der Waals surface area contributed by atoms with Crippen molar-refractivity contribution in [3.8, 4) is 17.6 Å². The molecule has 0 bridgehead atoms. The largest absolute Gasteiger partial charge is 0.457 e. The van der Waals surface area contributed by atoms with Gasteiger partial charge in [0, 0.05) is 5.56 Å². The number of para-hydroxylation sites is 1. The summed E-state index contributed by atoms with van der Waals surface area (Å²) in [5.41, 5.74) is 0.542. The molecule has 2 aromatic rings. The molecule has 0 amide bonds. The number of nitriles is 1. The van der Waals surface area contributed by atoms with E-state index in [0.29, 0.717) is 23.5 Å². The molecular formula is C24H25Cl2NO3. The molecule has 0 N–H and O–H groups in total. The molecule has 0 aliphatic heterocycles. The van der Waals surface area contributed by atoms with Crippen molar-refractivity contribution >= 4 is 29.2 Å². The second-order valence-corrected chi connectivity index (χ2v) is 8.24. The van der Waals surface area contributed by atoms with E-state index in [9.17, 15) is 10.1 Å². The van der Waals surface area contributed by atoms with Gasteiger partial charge >= 0.3 is 5.97 Å². The van der Waals surface area contributed by atoms with Crippen molar-refractivity contribution in [3.05, 3.63) is 70.7 Å². The van der Waals surface area contributed by atoms with E-state index in [-0.39, 0.29) is 16.3 Å². The fourth-order valence-corrected chi connectivity index (χ4v) is 3.63. The van der Waals surface area contributed by atoms with Crippen molar-refractivity contribution in [2.75, 3.05) is 0 Å². The molecule has 3 unspecified atom stereocenters. The van der Waals surface area contributed by atoms with Crippen LogP contribution in [0.3, 0.4) is 0 Å². The molecule has 0 saturated heterocycles. The fourth-order valence-electron chi connectivity index (χ4n) is 3.31. The lowest BCUT2D eigenvalue weighted by atomic mass is 9.82. The van der Waals surface area contributed by atoms with E-state index in [0.717, 1.165) is 0 Å². The van der Waals surface area contributed by atoms with E-state index in [1.165, 1.54) is 0 Å². The van der Waals surface area contributed by atoms with Crippen LogP contribution in [0.1, 0.15) is 38.9 Å². The zero-order chi connectivity index (χ0) is 22.1. The lowest BCUT2D eigenvalue weighted by Crippen LogP contribution is -2.30. The Morgan fingerprint density at radius 2 is 1.77 bits per heavy atom. The molecule has 3 atom stereocenters. The van der Waals surface area contributed by atoms with Crippen LogP contribution >= 0.6 is 23.2 Å². The predicted octanol–water partition coefficient (Wildman–Crippen LogP) is 7.20. The highest BCUT2D eigenvalue weighted by molar-refractivity contribution is 6.55. The van der Waals surface area contributed by atoms with E-state index in [1.807, 2.05) is 51.1 Å². The Labute approximate surface area is 188 Å². The molecule has 0 fully saturated rings. The summed E-state index contributed by atoms with van der Waals surface area (Å²) in [4.78, 5) is 13.0. The standard InChI is InChI=1S/C24H25Cl2NO3/c1-4-17(14-22(25)26)23(16(2)3)24(28)30-21(15-27)18-9-8-12-20(13-18)29-19-10-6-5-7-11-19/h5-14,16-17,21,23H,4H2,1-3H3. The number of allylic oxidation sites excluding steroid dienone is 1. The van der Waals surface area contributed by atoms with Gasteiger partial charge in [-0.25, -0.2) is 0 Å². The zero-order valence-corrected chi connectivity index (χ0v) is 18.7. The third-order valence-corrected chi connectivity index (χ3v) is 5.01. The van der Waals surface area contributed by atoms with Crippen LogP contribution in [-0.2, 0) is 9.53 Å². The van der Waals surface area contributed by atoms with Crippen LogP contribution in [0.15, 0.2) is 65.2 Å². The smallest absolute Gasteiger partial charge is 0.311 e. The number of hydrogen-bond donors (Lipinski definition) is 0. The molecule has 0 aliphatic rings. The third kappa shape index (κ3) is 6.79. The van der Waals surface area contributed by atoms with Crippen molar-refractivity contribution < 1.29 is 14.3 Å². The average molecular weight is 446 g/mol. The molecule has 0 radical (unpaired) electrons. The van der Waals surface area contributed by atoms with Crippen LogP contribution in [0.2, 0.25) is 0 Å². The van der Waals surface area contributed by atoms with Crippen LogP contribution in [0.5, 0.6) is 11.5 Å². The van der Waals surface area contributed by atoms with E-state index in [1.54, 1.807) is 30.3 Å². The Balaban J connectivity index is 2.21. The molecule has 6 heteroatoms. The number of carbonyl (C=O) groups excluding carboxylic acids is 1. The Hall–Kier alpha value is -2.48. The summed E-state index contributed by atoms with van der Waals surface area (Å²) in [7, 11) is 0. The predicted molar refractivity (Wildman–Crippen MR) is 119 cm³/mol. The minimum absolute atomic E-state index is 0.0153. The Morgan fingerprint density at radius 1 is 1.10 bits per heavy atom. The maximum atomic E-state index is 13.0. The van der Waals surface area contributed by atoms with Gasteiger partial charge in [-0.15, -0.1) is 0 Å². The van der Waals surface area contributed by atoms with Crippen LogP contribution in [0, 0.1) is 29.1 Å². The highest BCUT2D eigenvalue weighted by Crippen LogP contribution is 2.32. The van der Waals surface area contributed by atoms with Crippen molar-refractivity contribution in [3.63, 3.8) is 0 Å². The monoisotopic (exact) mass is 445 g/mol. The summed E-state index contributed by atoms with van der Waals surface area (Å²) in [5.74, 6) is 0.105. The second-order valence-electron chi connectivity index (χ2n) is 7.23. The summed E-state index contributed by atoms with van der Waals surface area (Å²) in [6, 6.07) is 18.4. The minimum atomic E-state index is -1.05. The molecule has 0 aromatic heterocycles. The number of benzene rings is 2. The quantitative estimate of drug-likeness (QED) is 0.382. The normalized spacial score (nSPS) is 13.6. The third-order valence-electron chi connectivity index (χ3n) is 4.75. The molecule has 2 rings (SSSR count). The van der Waals surface area contributed by atoms with Gasteiger partial charge in [0.15, 0.2) is 0 Å². The molecule has 2 aromatic carbocycles. The lowest BCUT2D eigenvalue weighted by Gasteiger charge is -2.26. The number of rotatable bonds is 9. The summed E-state index contributed by atoms with van der Waals surface area (Å²) in [5, 5.41) is 9.65. The van der Waals surface area contributed by atoms with Gasteiger partial charge in [0.2, 0.25) is 6.10 Å². The average Bonchev–Trinajstić information content (AvgIpc) is 2.71. The summed E-state index contributed by atoms with van der Waals surface area (Å²) in [6.45, 7) is 5.81. The number of ether oxygens (including phenoxy) is 2. The molecule has 4 nitrogen and oxygen atoms in total. The van der Waals surface area contributed by atoms with Gasteiger partial charge in [0.05, 0.1) is 5.92 Å². The van der Waals surface area contributed by atoms with E-state index in [4.69, 9.17) is 32.7 Å². The molecule has 158 valence electrons. The lowest BCUT2D eigenvalue weighted by molar-refractivity contribution is -0.155. The van der Waals surface area contributed by atoms with Crippen LogP contribution in [-0.4, -0.2) is 5.97 Å². The zero-order valence-electron chi connectivity index (χ0n) is 17.2. The topological polar surface area (TPSA) is 59.3 Å². The molecule has 0 heterocycles. The van der Waals surface area contributed by atoms with Gasteiger partial charge in [0.1, 0.15) is 22.1 Å². The van der Waals surface area contributed by atoms with Gasteiger partial charge < -0.3 is 9.47 Å². The van der Waals surface area contributed by atoms with Gasteiger partial charge in [-0.3, -0.25) is 4.79 Å². The molecule has 0 saturated carbocycles. The van der Waals surface area contributed by atoms with Gasteiger partial charge in [-0.2, -0.15) is 5.26 Å². The van der Waals surface area contributed by atoms with Gasteiger partial charge in [-0.05, 0) is 42.5 Å². The maximum absolute atomic E-state index is 13.0. The second kappa shape index (κ2) is 11.6. The molecule has 30 heavy (non-hydrogen) atoms. The summed E-state index contributed by atoms with van der Waals surface area (Å²) < 4.78 is 11.5. The van der Waals surface area contributed by atoms with Crippen molar-refractivity contribution in [1.82, 2.24) is 0 Å². The minimum Gasteiger partial charge on any atom is -0.457 e. The first-order chi connectivity index (χ1) is 14.3. The van der Waals surface area contributed by atoms with Crippen LogP contribution in [0.4, 0.5) is 0 Å². The number of esters is 1. The number of hydrogen-bond acceptors (Lipinski definition) is 4. The maximum Gasteiger partial charge on any atom is 0.311 e. The Kier molecular flexibility index (Phi) is 9.23. The highest BCUT2D eigenvalue weighted by atomic mass is 35.5. The Morgan fingerprint density at radius 3 is 2.33 bits per heavy atom. The molecule has 0 spiro atoms. The molecule has 0 aliphatic carbocycles. The first-order valence-corrected chi connectivity index (χ1v) is 10.6. The first kappa shape index (κ1) is 23.8. The number of nitrogens with zero attached hydrogens (tertiary/aromatic N) is 1. The van der Waals surface area contributed by atoms with Gasteiger partial charge in [0.25, 0.3) is 0 Å². The van der Waals surface area contributed by atoms with E-state index >= 15 is 0 Å². The molecular weight excluding hydrogens is 421 g/mol. The Bertz CT molecular complexity index is 902. The van der Waals surface area contributed by atoms with Crippen molar-refractivity contribution in [1.29, 1.82) is 5.26 Å². The summed E-state index contributed by atoms with van der Waals surface area (Å²) in [6.07, 6.45) is 1.27.